The van der Waals surface area contributed by atoms with Crippen LogP contribution in [0.2, 0.25) is 0 Å². The normalized spacial score (nSPS) is 23.6. The van der Waals surface area contributed by atoms with Crippen molar-refractivity contribution < 1.29 is 9.53 Å². The highest BCUT2D eigenvalue weighted by atomic mass is 35.5. The molecule has 1 aromatic rings. The first-order chi connectivity index (χ1) is 8.50. The second-order valence-corrected chi connectivity index (χ2v) is 4.99. The van der Waals surface area contributed by atoms with Crippen LogP contribution in [0.25, 0.3) is 0 Å². The zero-order chi connectivity index (χ0) is 13.3. The molecule has 4 atom stereocenters. The highest BCUT2D eigenvalue weighted by Gasteiger charge is 2.35. The summed E-state index contributed by atoms with van der Waals surface area (Å²) < 4.78 is 5.91. The van der Waals surface area contributed by atoms with Gasteiger partial charge in [-0.1, -0.05) is 25.1 Å². The van der Waals surface area contributed by atoms with Crippen molar-refractivity contribution in [3.63, 3.8) is 0 Å². The van der Waals surface area contributed by atoms with Crippen molar-refractivity contribution in [2.24, 2.45) is 5.73 Å². The monoisotopic (exact) mass is 284 g/mol. The van der Waals surface area contributed by atoms with E-state index in [9.17, 15) is 4.79 Å². The minimum atomic E-state index is -0.494. The first-order valence-electron chi connectivity index (χ1n) is 6.32. The highest BCUT2D eigenvalue weighted by molar-refractivity contribution is 5.85. The molecule has 1 amide bonds. The molecule has 0 aromatic heterocycles. The maximum atomic E-state index is 11.6. The van der Waals surface area contributed by atoms with Crippen LogP contribution in [0, 0.1) is 0 Å². The minimum Gasteiger partial charge on any atom is -0.487 e. The van der Waals surface area contributed by atoms with Crippen LogP contribution in [0.3, 0.4) is 0 Å². The Hall–Kier alpha value is -1.26. The average molecular weight is 285 g/mol. The quantitative estimate of drug-likeness (QED) is 0.890. The van der Waals surface area contributed by atoms with Crippen LogP contribution in [-0.4, -0.2) is 24.1 Å². The molecule has 0 fully saturated rings. The van der Waals surface area contributed by atoms with Gasteiger partial charge in [0.1, 0.15) is 11.9 Å². The molecule has 2 rings (SSSR count). The lowest BCUT2D eigenvalue weighted by atomic mass is 9.93. The van der Waals surface area contributed by atoms with Crippen molar-refractivity contribution in [3.8, 4) is 5.75 Å². The second kappa shape index (κ2) is 6.26. The van der Waals surface area contributed by atoms with Crippen LogP contribution in [-0.2, 0) is 4.79 Å². The maximum absolute atomic E-state index is 11.6. The molecule has 3 unspecified atom stereocenters. The summed E-state index contributed by atoms with van der Waals surface area (Å²) in [4.78, 5) is 11.6. The SMILES string of the molecule is CC(NC(=O)[C@@H](C)N)C1Oc2ccccc2C1C.Cl. The van der Waals surface area contributed by atoms with E-state index in [0.29, 0.717) is 0 Å². The third-order valence-corrected chi connectivity index (χ3v) is 3.44. The molecule has 19 heavy (non-hydrogen) atoms. The number of nitrogens with two attached hydrogens (primary N) is 1. The van der Waals surface area contributed by atoms with Crippen molar-refractivity contribution in [3.05, 3.63) is 29.8 Å². The lowest BCUT2D eigenvalue weighted by molar-refractivity contribution is -0.123. The van der Waals surface area contributed by atoms with Gasteiger partial charge in [-0.2, -0.15) is 0 Å². The smallest absolute Gasteiger partial charge is 0.236 e. The lowest BCUT2D eigenvalue weighted by Crippen LogP contribution is -2.49. The number of hydrogen-bond acceptors (Lipinski definition) is 3. The number of halogens is 1. The molecule has 1 aliphatic rings. The van der Waals surface area contributed by atoms with E-state index in [2.05, 4.69) is 18.3 Å². The number of benzene rings is 1. The predicted molar refractivity (Wildman–Crippen MR) is 77.8 cm³/mol. The largest absolute Gasteiger partial charge is 0.487 e. The van der Waals surface area contributed by atoms with E-state index >= 15 is 0 Å². The van der Waals surface area contributed by atoms with Crippen LogP contribution < -0.4 is 15.8 Å². The fourth-order valence-electron chi connectivity index (χ4n) is 2.36. The zero-order valence-electron chi connectivity index (χ0n) is 11.4. The summed E-state index contributed by atoms with van der Waals surface area (Å²) >= 11 is 0. The van der Waals surface area contributed by atoms with E-state index in [0.717, 1.165) is 5.75 Å². The van der Waals surface area contributed by atoms with E-state index in [1.165, 1.54) is 5.56 Å². The Morgan fingerprint density at radius 3 is 2.58 bits per heavy atom. The molecule has 4 nitrogen and oxygen atoms in total. The van der Waals surface area contributed by atoms with Crippen LogP contribution in [0.1, 0.15) is 32.3 Å². The summed E-state index contributed by atoms with van der Waals surface area (Å²) in [5, 5.41) is 2.90. The van der Waals surface area contributed by atoms with Gasteiger partial charge in [0, 0.05) is 11.5 Å². The van der Waals surface area contributed by atoms with Gasteiger partial charge in [-0.05, 0) is 19.9 Å². The van der Waals surface area contributed by atoms with E-state index in [4.69, 9.17) is 10.5 Å². The fourth-order valence-corrected chi connectivity index (χ4v) is 2.36. The van der Waals surface area contributed by atoms with Gasteiger partial charge in [-0.3, -0.25) is 4.79 Å². The molecule has 0 saturated heterocycles. The summed E-state index contributed by atoms with van der Waals surface area (Å²) in [6.45, 7) is 5.74. The predicted octanol–water partition coefficient (Wildman–Crippen LogP) is 1.82. The van der Waals surface area contributed by atoms with Crippen LogP contribution in [0.15, 0.2) is 24.3 Å². The average Bonchev–Trinajstić information content (AvgIpc) is 2.67. The Balaban J connectivity index is 0.00000180. The lowest BCUT2D eigenvalue weighted by Gasteiger charge is -2.24. The summed E-state index contributed by atoms with van der Waals surface area (Å²) in [6, 6.07) is 7.44. The maximum Gasteiger partial charge on any atom is 0.236 e. The molecular formula is C14H21ClN2O2. The first kappa shape index (κ1) is 15.8. The summed E-state index contributed by atoms with van der Waals surface area (Å²) in [6.07, 6.45) is -0.0369. The van der Waals surface area contributed by atoms with Crippen LogP contribution in [0.4, 0.5) is 0 Å². The molecule has 0 spiro atoms. The molecule has 0 aliphatic carbocycles. The van der Waals surface area contributed by atoms with Gasteiger partial charge < -0.3 is 15.8 Å². The summed E-state index contributed by atoms with van der Waals surface area (Å²) in [5.41, 5.74) is 6.75. The Morgan fingerprint density at radius 1 is 1.37 bits per heavy atom. The number of hydrogen-bond donors (Lipinski definition) is 2. The van der Waals surface area contributed by atoms with Gasteiger partial charge in [0.05, 0.1) is 12.1 Å². The number of amides is 1. The summed E-state index contributed by atoms with van der Waals surface area (Å²) in [5.74, 6) is 1.04. The standard InChI is InChI=1S/C14H20N2O2.ClH/c1-8-11-6-4-5-7-12(11)18-13(8)10(3)16-14(17)9(2)15;/h4-10,13H,15H2,1-3H3,(H,16,17);1H/t8?,9-,10?,13?;/m1./s1. The molecule has 106 valence electrons. The van der Waals surface area contributed by atoms with Gasteiger partial charge in [0.25, 0.3) is 0 Å². The topological polar surface area (TPSA) is 64.4 Å². The van der Waals surface area contributed by atoms with E-state index in [1.807, 2.05) is 25.1 Å². The van der Waals surface area contributed by atoms with Gasteiger partial charge in [0.2, 0.25) is 5.91 Å². The van der Waals surface area contributed by atoms with Crippen molar-refractivity contribution in [2.45, 2.75) is 44.9 Å². The van der Waals surface area contributed by atoms with Crippen molar-refractivity contribution >= 4 is 18.3 Å². The zero-order valence-corrected chi connectivity index (χ0v) is 12.2. The van der Waals surface area contributed by atoms with Crippen molar-refractivity contribution in [2.75, 3.05) is 0 Å². The van der Waals surface area contributed by atoms with Crippen molar-refractivity contribution in [1.29, 1.82) is 0 Å². The number of ether oxygens (including phenoxy) is 1. The number of rotatable bonds is 3. The Labute approximate surface area is 120 Å². The van der Waals surface area contributed by atoms with E-state index in [-0.39, 0.29) is 36.4 Å². The second-order valence-electron chi connectivity index (χ2n) is 4.99. The Kier molecular flexibility index (Phi) is 5.20. The molecule has 0 radical (unpaired) electrons. The number of fused-ring (bicyclic) bond motifs is 1. The number of carbonyl (C=O) groups is 1. The first-order valence-corrected chi connectivity index (χ1v) is 6.32. The van der Waals surface area contributed by atoms with Crippen LogP contribution >= 0.6 is 12.4 Å². The molecule has 3 N–H and O–H groups in total. The van der Waals surface area contributed by atoms with Crippen LogP contribution in [0.5, 0.6) is 5.75 Å². The molecule has 0 bridgehead atoms. The number of para-hydroxylation sites is 1. The van der Waals surface area contributed by atoms with Gasteiger partial charge in [-0.15, -0.1) is 12.4 Å². The third kappa shape index (κ3) is 3.19. The highest BCUT2D eigenvalue weighted by Crippen LogP contribution is 2.38. The van der Waals surface area contributed by atoms with Crippen molar-refractivity contribution in [1.82, 2.24) is 5.32 Å². The number of nitrogens with one attached hydrogen (secondary N) is 1. The molecule has 1 aliphatic heterocycles. The summed E-state index contributed by atoms with van der Waals surface area (Å²) in [7, 11) is 0. The molecule has 1 heterocycles. The Bertz CT molecular complexity index is 451. The fraction of sp³-hybridized carbons (Fsp3) is 0.500. The van der Waals surface area contributed by atoms with Gasteiger partial charge in [-0.25, -0.2) is 0 Å². The third-order valence-electron chi connectivity index (χ3n) is 3.44. The molecule has 1 aromatic carbocycles. The molecule has 5 heteroatoms. The van der Waals surface area contributed by atoms with E-state index < -0.39 is 6.04 Å². The number of carbonyl (C=O) groups excluding carboxylic acids is 1. The molecular weight excluding hydrogens is 264 g/mol. The van der Waals surface area contributed by atoms with Gasteiger partial charge in [0.15, 0.2) is 0 Å². The minimum absolute atomic E-state index is 0. The Morgan fingerprint density at radius 2 is 2.00 bits per heavy atom. The molecule has 0 saturated carbocycles. The van der Waals surface area contributed by atoms with E-state index in [1.54, 1.807) is 6.92 Å². The van der Waals surface area contributed by atoms with Gasteiger partial charge >= 0.3 is 0 Å².